The fourth-order valence-corrected chi connectivity index (χ4v) is 4.54. The lowest BCUT2D eigenvalue weighted by atomic mass is 10.2. The van der Waals surface area contributed by atoms with Crippen molar-refractivity contribution in [1.82, 2.24) is 14.1 Å². The van der Waals surface area contributed by atoms with Crippen molar-refractivity contribution >= 4 is 21.4 Å². The number of rotatable bonds is 5. The van der Waals surface area contributed by atoms with Crippen LogP contribution in [0.25, 0.3) is 5.65 Å². The third-order valence-corrected chi connectivity index (χ3v) is 6.33. The van der Waals surface area contributed by atoms with Crippen LogP contribution in [-0.2, 0) is 23.0 Å². The van der Waals surface area contributed by atoms with Crippen molar-refractivity contribution in [3.05, 3.63) is 59.5 Å². The molecule has 0 atom stereocenters. The van der Waals surface area contributed by atoms with Crippen LogP contribution in [0.5, 0.6) is 0 Å². The molecule has 136 valence electrons. The van der Waals surface area contributed by atoms with E-state index in [0.717, 1.165) is 30.0 Å². The van der Waals surface area contributed by atoms with Crippen LogP contribution >= 0.6 is 0 Å². The molecular formula is C19H22N4O2S. The molecule has 0 aliphatic carbocycles. The van der Waals surface area contributed by atoms with Crippen LogP contribution < -0.4 is 9.62 Å². The molecule has 0 fully saturated rings. The average Bonchev–Trinajstić information content (AvgIpc) is 3.19. The van der Waals surface area contributed by atoms with Crippen LogP contribution in [0.3, 0.4) is 0 Å². The number of hydrogen-bond donors (Lipinski definition) is 1. The summed E-state index contributed by atoms with van der Waals surface area (Å²) in [5.41, 5.74) is 5.38. The Bertz CT molecular complexity index is 1070. The van der Waals surface area contributed by atoms with Crippen LogP contribution in [0.1, 0.15) is 23.7 Å². The number of aryl methyl sites for hydroxylation is 1. The number of imidazole rings is 1. The Morgan fingerprint density at radius 3 is 2.88 bits per heavy atom. The Labute approximate surface area is 153 Å². The van der Waals surface area contributed by atoms with Crippen molar-refractivity contribution in [2.45, 2.75) is 31.7 Å². The zero-order valence-corrected chi connectivity index (χ0v) is 15.8. The van der Waals surface area contributed by atoms with E-state index in [1.807, 2.05) is 18.5 Å². The Morgan fingerprint density at radius 2 is 2.08 bits per heavy atom. The second-order valence-electron chi connectivity index (χ2n) is 6.65. The van der Waals surface area contributed by atoms with Gasteiger partial charge in [0.05, 0.1) is 23.3 Å². The van der Waals surface area contributed by atoms with E-state index in [0.29, 0.717) is 18.0 Å². The zero-order chi connectivity index (χ0) is 18.3. The lowest BCUT2D eigenvalue weighted by Gasteiger charge is -2.20. The monoisotopic (exact) mass is 370 g/mol. The zero-order valence-electron chi connectivity index (χ0n) is 14.9. The highest BCUT2D eigenvalue weighted by Gasteiger charge is 2.23. The van der Waals surface area contributed by atoms with Crippen LogP contribution in [0.4, 0.5) is 5.69 Å². The van der Waals surface area contributed by atoms with Gasteiger partial charge >= 0.3 is 0 Å². The summed E-state index contributed by atoms with van der Waals surface area (Å²) < 4.78 is 29.3. The lowest BCUT2D eigenvalue weighted by molar-refractivity contribution is 0.584. The molecule has 1 aliphatic heterocycles. The minimum Gasteiger partial charge on any atom is -0.365 e. The summed E-state index contributed by atoms with van der Waals surface area (Å²) in [6, 6.07) is 9.53. The summed E-state index contributed by atoms with van der Waals surface area (Å²) >= 11 is 0. The number of hydrogen-bond acceptors (Lipinski definition) is 4. The highest BCUT2D eigenvalue weighted by molar-refractivity contribution is 7.89. The van der Waals surface area contributed by atoms with Gasteiger partial charge < -0.3 is 9.30 Å². The first-order valence-electron chi connectivity index (χ1n) is 8.78. The fraction of sp³-hybridized carbons (Fsp3) is 0.316. The molecule has 26 heavy (non-hydrogen) atoms. The quantitative estimate of drug-likeness (QED) is 0.749. The minimum atomic E-state index is -3.45. The van der Waals surface area contributed by atoms with Gasteiger partial charge in [-0.25, -0.2) is 18.1 Å². The first-order valence-corrected chi connectivity index (χ1v) is 10.3. The van der Waals surface area contributed by atoms with Gasteiger partial charge in [-0.1, -0.05) is 13.0 Å². The molecule has 3 aromatic rings. The highest BCUT2D eigenvalue weighted by atomic mass is 32.2. The van der Waals surface area contributed by atoms with Gasteiger partial charge in [-0.05, 0) is 48.7 Å². The number of benzene rings is 1. The van der Waals surface area contributed by atoms with Crippen LogP contribution in [0, 0.1) is 6.92 Å². The molecule has 0 spiro atoms. The van der Waals surface area contributed by atoms with Crippen molar-refractivity contribution in [2.75, 3.05) is 18.0 Å². The molecule has 1 N–H and O–H groups in total. The summed E-state index contributed by atoms with van der Waals surface area (Å²) in [6.45, 7) is 5.78. The van der Waals surface area contributed by atoms with Gasteiger partial charge in [-0.3, -0.25) is 0 Å². The first kappa shape index (κ1) is 17.1. The number of anilines is 1. The average molecular weight is 370 g/mol. The van der Waals surface area contributed by atoms with Gasteiger partial charge in [0, 0.05) is 25.0 Å². The molecular weight excluding hydrogens is 348 g/mol. The van der Waals surface area contributed by atoms with Gasteiger partial charge in [-0.2, -0.15) is 0 Å². The van der Waals surface area contributed by atoms with E-state index in [1.54, 1.807) is 19.1 Å². The second kappa shape index (κ2) is 6.41. The van der Waals surface area contributed by atoms with Crippen molar-refractivity contribution in [3.8, 4) is 0 Å². The molecule has 0 saturated heterocycles. The predicted octanol–water partition coefficient (Wildman–Crippen LogP) is 2.50. The summed E-state index contributed by atoms with van der Waals surface area (Å²) in [7, 11) is -3.45. The summed E-state index contributed by atoms with van der Waals surface area (Å²) in [4.78, 5) is 7.03. The normalized spacial score (nSPS) is 14.2. The highest BCUT2D eigenvalue weighted by Crippen LogP contribution is 2.31. The molecule has 0 bridgehead atoms. The maximum absolute atomic E-state index is 12.3. The van der Waals surface area contributed by atoms with E-state index in [9.17, 15) is 8.42 Å². The van der Waals surface area contributed by atoms with Crippen molar-refractivity contribution in [1.29, 1.82) is 0 Å². The Kier molecular flexibility index (Phi) is 4.20. The van der Waals surface area contributed by atoms with E-state index in [4.69, 9.17) is 0 Å². The molecule has 3 heterocycles. The number of nitrogens with zero attached hydrogens (tertiary/aromatic N) is 3. The Hall–Kier alpha value is -2.38. The second-order valence-corrected chi connectivity index (χ2v) is 8.41. The molecule has 0 radical (unpaired) electrons. The third-order valence-electron chi connectivity index (χ3n) is 4.79. The topological polar surface area (TPSA) is 66.7 Å². The molecule has 4 rings (SSSR count). The van der Waals surface area contributed by atoms with Crippen molar-refractivity contribution in [3.63, 3.8) is 0 Å². The standard InChI is InChI=1S/C19H22N4O2S/c1-3-21-26(24,25)17-5-4-15-7-8-22(18(15)11-17)13-16-12-20-19-10-14(2)6-9-23(16)19/h4-6,9-12,21H,3,7-8,13H2,1-2H3. The SMILES string of the molecule is CCNS(=O)(=O)c1ccc2c(c1)N(Cc1cnc3cc(C)ccn13)CC2. The van der Waals surface area contributed by atoms with E-state index in [1.165, 1.54) is 11.1 Å². The summed E-state index contributed by atoms with van der Waals surface area (Å²) in [5, 5.41) is 0. The van der Waals surface area contributed by atoms with Crippen LogP contribution in [0.15, 0.2) is 47.6 Å². The molecule has 1 aromatic carbocycles. The van der Waals surface area contributed by atoms with E-state index in [-0.39, 0.29) is 0 Å². The van der Waals surface area contributed by atoms with E-state index in [2.05, 4.69) is 38.1 Å². The van der Waals surface area contributed by atoms with E-state index < -0.39 is 10.0 Å². The van der Waals surface area contributed by atoms with Gasteiger partial charge in [-0.15, -0.1) is 0 Å². The van der Waals surface area contributed by atoms with Crippen molar-refractivity contribution < 1.29 is 8.42 Å². The summed E-state index contributed by atoms with van der Waals surface area (Å²) in [5.74, 6) is 0. The molecule has 0 amide bonds. The van der Waals surface area contributed by atoms with Crippen LogP contribution in [-0.4, -0.2) is 30.9 Å². The maximum atomic E-state index is 12.3. The number of pyridine rings is 1. The maximum Gasteiger partial charge on any atom is 0.240 e. The fourth-order valence-electron chi connectivity index (χ4n) is 3.48. The number of sulfonamides is 1. The number of aromatic nitrogens is 2. The number of nitrogens with one attached hydrogen (secondary N) is 1. The molecule has 0 unspecified atom stereocenters. The smallest absolute Gasteiger partial charge is 0.240 e. The van der Waals surface area contributed by atoms with Crippen molar-refractivity contribution in [2.24, 2.45) is 0 Å². The molecule has 1 aliphatic rings. The lowest BCUT2D eigenvalue weighted by Crippen LogP contribution is -2.24. The Morgan fingerprint density at radius 1 is 1.23 bits per heavy atom. The largest absolute Gasteiger partial charge is 0.365 e. The molecule has 6 nitrogen and oxygen atoms in total. The Balaban J connectivity index is 1.66. The number of fused-ring (bicyclic) bond motifs is 2. The molecule has 0 saturated carbocycles. The van der Waals surface area contributed by atoms with Gasteiger partial charge in [0.2, 0.25) is 10.0 Å². The van der Waals surface area contributed by atoms with E-state index >= 15 is 0 Å². The van der Waals surface area contributed by atoms with Gasteiger partial charge in [0.15, 0.2) is 0 Å². The molecule has 2 aromatic heterocycles. The van der Waals surface area contributed by atoms with Gasteiger partial charge in [0.1, 0.15) is 5.65 Å². The third kappa shape index (κ3) is 2.97. The molecule has 7 heteroatoms. The van der Waals surface area contributed by atoms with Crippen LogP contribution in [0.2, 0.25) is 0 Å². The minimum absolute atomic E-state index is 0.318. The predicted molar refractivity (Wildman–Crippen MR) is 102 cm³/mol. The summed E-state index contributed by atoms with van der Waals surface area (Å²) in [6.07, 6.45) is 4.86. The first-order chi connectivity index (χ1) is 12.5. The van der Waals surface area contributed by atoms with Gasteiger partial charge in [0.25, 0.3) is 0 Å².